The average molecular weight is 383 g/mol. The first-order valence-electron chi connectivity index (χ1n) is 10.2. The molecule has 2 aromatic rings. The first-order valence-corrected chi connectivity index (χ1v) is 10.2. The van der Waals surface area contributed by atoms with Crippen LogP contribution in [0.4, 0.5) is 4.79 Å². The number of hydrogen-bond acceptors (Lipinski definition) is 5. The van der Waals surface area contributed by atoms with E-state index in [4.69, 9.17) is 4.52 Å². The number of rotatable bonds is 4. The van der Waals surface area contributed by atoms with Crippen LogP contribution in [0.3, 0.4) is 0 Å². The Kier molecular flexibility index (Phi) is 5.35. The third-order valence-corrected chi connectivity index (χ3v) is 5.83. The van der Waals surface area contributed by atoms with E-state index in [1.807, 2.05) is 25.7 Å². The van der Waals surface area contributed by atoms with Crippen LogP contribution in [0, 0.1) is 0 Å². The summed E-state index contributed by atoms with van der Waals surface area (Å²) in [5, 5.41) is 6.96. The smallest absolute Gasteiger partial charge is 0.318 e. The zero-order chi connectivity index (χ0) is 19.7. The van der Waals surface area contributed by atoms with Crippen LogP contribution in [0.5, 0.6) is 0 Å². The fourth-order valence-electron chi connectivity index (χ4n) is 4.08. The maximum Gasteiger partial charge on any atom is 0.318 e. The van der Waals surface area contributed by atoms with Gasteiger partial charge in [0.05, 0.1) is 0 Å². The summed E-state index contributed by atoms with van der Waals surface area (Å²) in [6.45, 7) is 9.22. The Hall–Kier alpha value is -2.41. The van der Waals surface area contributed by atoms with E-state index in [9.17, 15) is 4.79 Å². The Morgan fingerprint density at radius 2 is 1.75 bits per heavy atom. The SMILES string of the molecule is CC(C)c1noc(C(C)NC(=O)N2CCN(C3Cc4ccccc4C3)CC2)n1. The summed E-state index contributed by atoms with van der Waals surface area (Å²) >= 11 is 0. The van der Waals surface area contributed by atoms with Crippen molar-refractivity contribution in [1.29, 1.82) is 0 Å². The highest BCUT2D eigenvalue weighted by Gasteiger charge is 2.31. The number of hydrogen-bond donors (Lipinski definition) is 1. The largest absolute Gasteiger partial charge is 0.337 e. The van der Waals surface area contributed by atoms with Crippen molar-refractivity contribution in [2.45, 2.75) is 51.6 Å². The molecule has 28 heavy (non-hydrogen) atoms. The molecule has 7 nitrogen and oxygen atoms in total. The lowest BCUT2D eigenvalue weighted by Gasteiger charge is -2.38. The van der Waals surface area contributed by atoms with Gasteiger partial charge in [0.15, 0.2) is 5.82 Å². The topological polar surface area (TPSA) is 74.5 Å². The number of aromatic nitrogens is 2. The minimum absolute atomic E-state index is 0.0637. The van der Waals surface area contributed by atoms with E-state index in [2.05, 4.69) is 44.6 Å². The van der Waals surface area contributed by atoms with Crippen LogP contribution >= 0.6 is 0 Å². The number of piperazine rings is 1. The molecule has 2 aliphatic rings. The van der Waals surface area contributed by atoms with Crippen LogP contribution in [0.1, 0.15) is 55.6 Å². The molecule has 2 heterocycles. The second-order valence-corrected chi connectivity index (χ2v) is 8.17. The van der Waals surface area contributed by atoms with Crippen molar-refractivity contribution in [2.75, 3.05) is 26.2 Å². The van der Waals surface area contributed by atoms with Gasteiger partial charge in [-0.3, -0.25) is 4.90 Å². The van der Waals surface area contributed by atoms with Gasteiger partial charge in [-0.1, -0.05) is 43.3 Å². The molecule has 1 unspecified atom stereocenters. The molecular formula is C21H29N5O2. The lowest BCUT2D eigenvalue weighted by Crippen LogP contribution is -2.54. The zero-order valence-electron chi connectivity index (χ0n) is 16.9. The summed E-state index contributed by atoms with van der Waals surface area (Å²) in [4.78, 5) is 21.4. The van der Waals surface area contributed by atoms with E-state index in [1.165, 1.54) is 11.1 Å². The van der Waals surface area contributed by atoms with Crippen molar-refractivity contribution >= 4 is 6.03 Å². The standard InChI is InChI=1S/C21H29N5O2/c1-14(2)19-23-20(28-24-19)15(3)22-21(27)26-10-8-25(9-11-26)18-12-16-6-4-5-7-17(16)13-18/h4-7,14-15,18H,8-13H2,1-3H3,(H,22,27). The first-order chi connectivity index (χ1) is 13.5. The molecule has 1 aromatic carbocycles. The molecule has 1 aliphatic heterocycles. The third kappa shape index (κ3) is 3.90. The molecule has 7 heteroatoms. The van der Waals surface area contributed by atoms with Crippen molar-refractivity contribution in [2.24, 2.45) is 0 Å². The highest BCUT2D eigenvalue weighted by molar-refractivity contribution is 5.74. The predicted octanol–water partition coefficient (Wildman–Crippen LogP) is 2.75. The van der Waals surface area contributed by atoms with Gasteiger partial charge in [0, 0.05) is 38.1 Å². The van der Waals surface area contributed by atoms with Gasteiger partial charge in [-0.05, 0) is 30.9 Å². The molecule has 1 N–H and O–H groups in total. The number of benzene rings is 1. The molecule has 1 atom stereocenters. The van der Waals surface area contributed by atoms with E-state index in [0.29, 0.717) is 17.8 Å². The number of nitrogens with zero attached hydrogens (tertiary/aromatic N) is 4. The van der Waals surface area contributed by atoms with Crippen LogP contribution in [0.15, 0.2) is 28.8 Å². The van der Waals surface area contributed by atoms with Crippen molar-refractivity contribution in [3.8, 4) is 0 Å². The fourth-order valence-corrected chi connectivity index (χ4v) is 4.08. The van der Waals surface area contributed by atoms with Crippen LogP contribution in [-0.2, 0) is 12.8 Å². The number of carbonyl (C=O) groups is 1. The third-order valence-electron chi connectivity index (χ3n) is 5.83. The second kappa shape index (κ2) is 7.91. The lowest BCUT2D eigenvalue weighted by molar-refractivity contribution is 0.109. The van der Waals surface area contributed by atoms with Gasteiger partial charge < -0.3 is 14.7 Å². The van der Waals surface area contributed by atoms with Crippen LogP contribution < -0.4 is 5.32 Å². The van der Waals surface area contributed by atoms with Gasteiger partial charge in [-0.25, -0.2) is 4.79 Å². The Morgan fingerprint density at radius 3 is 2.32 bits per heavy atom. The molecule has 0 bridgehead atoms. The maximum absolute atomic E-state index is 12.6. The summed E-state index contributed by atoms with van der Waals surface area (Å²) in [7, 11) is 0. The number of amides is 2. The van der Waals surface area contributed by atoms with Crippen LogP contribution in [-0.4, -0.2) is 58.2 Å². The molecule has 1 saturated heterocycles. The second-order valence-electron chi connectivity index (χ2n) is 8.17. The summed E-state index contributed by atoms with van der Waals surface area (Å²) in [5.74, 6) is 1.33. The molecule has 150 valence electrons. The average Bonchev–Trinajstić information content (AvgIpc) is 3.35. The molecule has 4 rings (SSSR count). The van der Waals surface area contributed by atoms with Gasteiger partial charge in [-0.2, -0.15) is 4.98 Å². The van der Waals surface area contributed by atoms with Crippen LogP contribution in [0.2, 0.25) is 0 Å². The van der Waals surface area contributed by atoms with Crippen molar-refractivity contribution in [1.82, 2.24) is 25.3 Å². The molecular weight excluding hydrogens is 354 g/mol. The van der Waals surface area contributed by atoms with Gasteiger partial charge >= 0.3 is 6.03 Å². The lowest BCUT2D eigenvalue weighted by atomic mass is 10.1. The van der Waals surface area contributed by atoms with E-state index >= 15 is 0 Å². The van der Waals surface area contributed by atoms with Gasteiger partial charge in [0.25, 0.3) is 0 Å². The predicted molar refractivity (Wildman–Crippen MR) is 106 cm³/mol. The van der Waals surface area contributed by atoms with Gasteiger partial charge in [-0.15, -0.1) is 0 Å². The summed E-state index contributed by atoms with van der Waals surface area (Å²) in [5.41, 5.74) is 2.95. The first kappa shape index (κ1) is 18.9. The minimum Gasteiger partial charge on any atom is -0.337 e. The number of carbonyl (C=O) groups excluding carboxylic acids is 1. The van der Waals surface area contributed by atoms with E-state index in [-0.39, 0.29) is 18.0 Å². The summed E-state index contributed by atoms with van der Waals surface area (Å²) in [6, 6.07) is 8.93. The van der Waals surface area contributed by atoms with Gasteiger partial charge in [0.2, 0.25) is 5.89 Å². The quantitative estimate of drug-likeness (QED) is 0.879. The normalized spacial score (nSPS) is 19.1. The molecule has 1 aromatic heterocycles. The molecule has 0 spiro atoms. The molecule has 1 fully saturated rings. The Morgan fingerprint density at radius 1 is 1.11 bits per heavy atom. The monoisotopic (exact) mass is 383 g/mol. The molecule has 0 radical (unpaired) electrons. The van der Waals surface area contributed by atoms with Crippen molar-refractivity contribution in [3.05, 3.63) is 47.1 Å². The van der Waals surface area contributed by atoms with Crippen LogP contribution in [0.25, 0.3) is 0 Å². The maximum atomic E-state index is 12.6. The highest BCUT2D eigenvalue weighted by Crippen LogP contribution is 2.26. The van der Waals surface area contributed by atoms with E-state index in [1.54, 1.807) is 0 Å². The molecule has 1 aliphatic carbocycles. The van der Waals surface area contributed by atoms with E-state index in [0.717, 1.165) is 39.0 Å². The summed E-state index contributed by atoms with van der Waals surface area (Å²) < 4.78 is 5.29. The Balaban J connectivity index is 1.27. The number of nitrogens with one attached hydrogen (secondary N) is 1. The number of fused-ring (bicyclic) bond motifs is 1. The van der Waals surface area contributed by atoms with Crippen molar-refractivity contribution in [3.63, 3.8) is 0 Å². The Bertz CT molecular complexity index is 801. The fraction of sp³-hybridized carbons (Fsp3) is 0.571. The summed E-state index contributed by atoms with van der Waals surface area (Å²) in [6.07, 6.45) is 2.24. The molecule has 0 saturated carbocycles. The zero-order valence-corrected chi connectivity index (χ0v) is 16.9. The van der Waals surface area contributed by atoms with E-state index < -0.39 is 0 Å². The Labute approximate surface area is 166 Å². The van der Waals surface area contributed by atoms with Crippen molar-refractivity contribution < 1.29 is 9.32 Å². The minimum atomic E-state index is -0.296. The number of urea groups is 1. The highest BCUT2D eigenvalue weighted by atomic mass is 16.5. The van der Waals surface area contributed by atoms with Gasteiger partial charge in [0.1, 0.15) is 6.04 Å². The molecule has 2 amide bonds.